The summed E-state index contributed by atoms with van der Waals surface area (Å²) in [7, 11) is 0. The molecule has 0 aliphatic rings. The van der Waals surface area contributed by atoms with Crippen molar-refractivity contribution in [2.45, 2.75) is 13.8 Å². The topological polar surface area (TPSA) is 24.7 Å². The standard InChI is InChI=1S/C12H16N2/c1-5-9-13-11(7-3)12(8-4)14-10-6-2/h5-10H,3-4H2,1-2H3/b9-5-,10-6-,13-11+,14-12+. The molecule has 74 valence electrons. The first kappa shape index (κ1) is 12.3. The molecule has 0 aromatic rings. The van der Waals surface area contributed by atoms with Gasteiger partial charge in [-0.1, -0.05) is 25.3 Å². The molecule has 0 rings (SSSR count). The van der Waals surface area contributed by atoms with E-state index in [0.717, 1.165) is 11.4 Å². The fourth-order valence-electron chi connectivity index (χ4n) is 0.756. The van der Waals surface area contributed by atoms with Crippen molar-refractivity contribution in [3.63, 3.8) is 0 Å². The van der Waals surface area contributed by atoms with E-state index in [2.05, 4.69) is 23.1 Å². The molecule has 0 saturated carbocycles. The maximum absolute atomic E-state index is 4.17. The maximum Gasteiger partial charge on any atom is 0.0879 e. The van der Waals surface area contributed by atoms with Crippen LogP contribution in [0.1, 0.15) is 13.8 Å². The van der Waals surface area contributed by atoms with Crippen molar-refractivity contribution in [3.05, 3.63) is 49.9 Å². The minimum absolute atomic E-state index is 0.719. The molecular weight excluding hydrogens is 172 g/mol. The smallest absolute Gasteiger partial charge is 0.0879 e. The summed E-state index contributed by atoms with van der Waals surface area (Å²) in [4.78, 5) is 8.33. The molecule has 14 heavy (non-hydrogen) atoms. The summed E-state index contributed by atoms with van der Waals surface area (Å²) in [6.07, 6.45) is 10.4. The molecule has 0 amide bonds. The Bertz CT molecular complexity index is 272. The Hall–Kier alpha value is -1.70. The molecular formula is C12H16N2. The van der Waals surface area contributed by atoms with Gasteiger partial charge in [0.2, 0.25) is 0 Å². The van der Waals surface area contributed by atoms with Gasteiger partial charge < -0.3 is 0 Å². The van der Waals surface area contributed by atoms with Crippen LogP contribution in [0.5, 0.6) is 0 Å². The molecule has 0 aliphatic carbocycles. The summed E-state index contributed by atoms with van der Waals surface area (Å²) in [6, 6.07) is 0. The van der Waals surface area contributed by atoms with E-state index in [1.807, 2.05) is 26.0 Å². The second-order valence-electron chi connectivity index (χ2n) is 2.40. The first-order valence-electron chi connectivity index (χ1n) is 4.43. The Morgan fingerprint density at radius 1 is 0.857 bits per heavy atom. The molecule has 0 N–H and O–H groups in total. The molecule has 0 spiro atoms. The summed E-state index contributed by atoms with van der Waals surface area (Å²) >= 11 is 0. The number of allylic oxidation sites excluding steroid dienone is 4. The lowest BCUT2D eigenvalue weighted by Crippen LogP contribution is -2.07. The third-order valence-electron chi connectivity index (χ3n) is 1.37. The Balaban J connectivity index is 4.96. The zero-order chi connectivity index (χ0) is 10.8. The highest BCUT2D eigenvalue weighted by atomic mass is 14.8. The van der Waals surface area contributed by atoms with Gasteiger partial charge in [-0.25, -0.2) is 0 Å². The van der Waals surface area contributed by atoms with Gasteiger partial charge in [0.15, 0.2) is 0 Å². The van der Waals surface area contributed by atoms with Crippen molar-refractivity contribution in [1.29, 1.82) is 0 Å². The van der Waals surface area contributed by atoms with Crippen molar-refractivity contribution >= 4 is 11.4 Å². The fourth-order valence-corrected chi connectivity index (χ4v) is 0.756. The molecule has 2 nitrogen and oxygen atoms in total. The second kappa shape index (κ2) is 7.92. The summed E-state index contributed by atoms with van der Waals surface area (Å²) < 4.78 is 0. The van der Waals surface area contributed by atoms with E-state index in [0.29, 0.717) is 0 Å². The van der Waals surface area contributed by atoms with E-state index in [4.69, 9.17) is 0 Å². The lowest BCUT2D eigenvalue weighted by molar-refractivity contribution is 1.51. The van der Waals surface area contributed by atoms with Crippen LogP contribution in [0, 0.1) is 0 Å². The number of hydrogen-bond acceptors (Lipinski definition) is 2. The Kier molecular flexibility index (Phi) is 6.96. The third-order valence-corrected chi connectivity index (χ3v) is 1.37. The van der Waals surface area contributed by atoms with Crippen LogP contribution < -0.4 is 0 Å². The lowest BCUT2D eigenvalue weighted by atomic mass is 10.2. The Morgan fingerprint density at radius 2 is 1.21 bits per heavy atom. The Labute approximate surface area is 85.8 Å². The van der Waals surface area contributed by atoms with Crippen molar-refractivity contribution in [2.24, 2.45) is 9.98 Å². The largest absolute Gasteiger partial charge is 0.255 e. The maximum atomic E-state index is 4.17. The lowest BCUT2D eigenvalue weighted by Gasteiger charge is -1.97. The Morgan fingerprint density at radius 3 is 1.43 bits per heavy atom. The first-order chi connectivity index (χ1) is 6.79. The van der Waals surface area contributed by atoms with Crippen LogP contribution in [-0.4, -0.2) is 11.4 Å². The van der Waals surface area contributed by atoms with Gasteiger partial charge in [-0.15, -0.1) is 0 Å². The number of rotatable bonds is 5. The highest BCUT2D eigenvalue weighted by Gasteiger charge is 1.97. The van der Waals surface area contributed by atoms with Crippen molar-refractivity contribution in [3.8, 4) is 0 Å². The molecule has 0 aromatic heterocycles. The van der Waals surface area contributed by atoms with Crippen molar-refractivity contribution < 1.29 is 0 Å². The molecule has 0 aliphatic heterocycles. The number of nitrogens with zero attached hydrogens (tertiary/aromatic N) is 2. The van der Waals surface area contributed by atoms with Gasteiger partial charge in [0.1, 0.15) is 0 Å². The zero-order valence-corrected chi connectivity index (χ0v) is 8.77. The molecule has 0 atom stereocenters. The fraction of sp³-hybridized carbons (Fsp3) is 0.167. The van der Waals surface area contributed by atoms with Crippen LogP contribution in [0.2, 0.25) is 0 Å². The predicted molar refractivity (Wildman–Crippen MR) is 64.9 cm³/mol. The van der Waals surface area contributed by atoms with Gasteiger partial charge in [0, 0.05) is 12.4 Å². The van der Waals surface area contributed by atoms with E-state index in [-0.39, 0.29) is 0 Å². The van der Waals surface area contributed by atoms with E-state index < -0.39 is 0 Å². The van der Waals surface area contributed by atoms with E-state index in [9.17, 15) is 0 Å². The van der Waals surface area contributed by atoms with Gasteiger partial charge in [0.25, 0.3) is 0 Å². The predicted octanol–water partition coefficient (Wildman–Crippen LogP) is 3.31. The van der Waals surface area contributed by atoms with Gasteiger partial charge in [0.05, 0.1) is 11.4 Å². The van der Waals surface area contributed by atoms with E-state index >= 15 is 0 Å². The molecule has 0 bridgehead atoms. The molecule has 0 saturated heterocycles. The molecule has 2 heteroatoms. The van der Waals surface area contributed by atoms with Crippen LogP contribution in [0.3, 0.4) is 0 Å². The van der Waals surface area contributed by atoms with Crippen LogP contribution in [-0.2, 0) is 0 Å². The van der Waals surface area contributed by atoms with E-state index in [1.165, 1.54) is 0 Å². The normalized spacial score (nSPS) is 13.9. The van der Waals surface area contributed by atoms with Crippen molar-refractivity contribution in [1.82, 2.24) is 0 Å². The van der Waals surface area contributed by atoms with Crippen molar-refractivity contribution in [2.75, 3.05) is 0 Å². The monoisotopic (exact) mass is 188 g/mol. The average molecular weight is 188 g/mol. The molecule has 0 radical (unpaired) electrons. The summed E-state index contributed by atoms with van der Waals surface area (Å²) in [6.45, 7) is 11.2. The van der Waals surface area contributed by atoms with Gasteiger partial charge in [-0.3, -0.25) is 9.98 Å². The van der Waals surface area contributed by atoms with Crippen LogP contribution in [0.4, 0.5) is 0 Å². The minimum Gasteiger partial charge on any atom is -0.255 e. The average Bonchev–Trinajstić information content (AvgIpc) is 2.23. The molecule has 0 fully saturated rings. The van der Waals surface area contributed by atoms with Crippen LogP contribution in [0.25, 0.3) is 0 Å². The van der Waals surface area contributed by atoms with Gasteiger partial charge >= 0.3 is 0 Å². The quantitative estimate of drug-likeness (QED) is 0.591. The van der Waals surface area contributed by atoms with Crippen LogP contribution >= 0.6 is 0 Å². The highest BCUT2D eigenvalue weighted by molar-refractivity contribution is 6.50. The van der Waals surface area contributed by atoms with Crippen LogP contribution in [0.15, 0.2) is 59.8 Å². The molecule has 0 unspecified atom stereocenters. The number of aliphatic imine (C=N–C) groups is 2. The van der Waals surface area contributed by atoms with E-state index in [1.54, 1.807) is 24.6 Å². The van der Waals surface area contributed by atoms with Gasteiger partial charge in [-0.2, -0.15) is 0 Å². The highest BCUT2D eigenvalue weighted by Crippen LogP contribution is 1.92. The first-order valence-corrected chi connectivity index (χ1v) is 4.43. The SMILES string of the molecule is C=CC(=N\C=C/C)/C(C=C)=N/C=C\C. The minimum atomic E-state index is 0.719. The third kappa shape index (κ3) is 4.36. The molecule has 0 aromatic carbocycles. The summed E-state index contributed by atoms with van der Waals surface area (Å²) in [5.74, 6) is 0. The number of hydrogen-bond donors (Lipinski definition) is 0. The summed E-state index contributed by atoms with van der Waals surface area (Å²) in [5, 5.41) is 0. The second-order valence-corrected chi connectivity index (χ2v) is 2.40. The zero-order valence-electron chi connectivity index (χ0n) is 8.77. The summed E-state index contributed by atoms with van der Waals surface area (Å²) in [5.41, 5.74) is 1.44. The molecule has 0 heterocycles. The van der Waals surface area contributed by atoms with Gasteiger partial charge in [-0.05, 0) is 26.0 Å².